The van der Waals surface area contributed by atoms with E-state index in [-0.39, 0.29) is 5.75 Å². The first-order valence-corrected chi connectivity index (χ1v) is 12.3. The molecule has 2 saturated heterocycles. The van der Waals surface area contributed by atoms with Gasteiger partial charge < -0.3 is 4.90 Å². The van der Waals surface area contributed by atoms with Crippen LogP contribution in [0.4, 0.5) is 10.2 Å². The van der Waals surface area contributed by atoms with Gasteiger partial charge in [0.15, 0.2) is 0 Å². The molecule has 0 N–H and O–H groups in total. The van der Waals surface area contributed by atoms with Gasteiger partial charge in [-0.15, -0.1) is 0 Å². The summed E-state index contributed by atoms with van der Waals surface area (Å²) < 4.78 is 40.4. The highest BCUT2D eigenvalue weighted by Gasteiger charge is 2.28. The molecule has 0 saturated carbocycles. The third-order valence-corrected chi connectivity index (χ3v) is 7.86. The van der Waals surface area contributed by atoms with Gasteiger partial charge >= 0.3 is 0 Å². The van der Waals surface area contributed by atoms with Crippen molar-refractivity contribution in [2.75, 3.05) is 31.1 Å². The molecule has 0 spiro atoms. The summed E-state index contributed by atoms with van der Waals surface area (Å²) in [4.78, 5) is 11.5. The Kier molecular flexibility index (Phi) is 6.34. The average Bonchev–Trinajstić information content (AvgIpc) is 3.22. The van der Waals surface area contributed by atoms with Crippen LogP contribution >= 0.6 is 0 Å². The Morgan fingerprint density at radius 3 is 2.50 bits per heavy atom. The molecule has 0 atom stereocenters. The molecule has 0 aliphatic carbocycles. The van der Waals surface area contributed by atoms with Gasteiger partial charge in [-0.05, 0) is 62.6 Å². The van der Waals surface area contributed by atoms with Crippen molar-refractivity contribution < 1.29 is 12.8 Å². The van der Waals surface area contributed by atoms with Gasteiger partial charge in [-0.2, -0.15) is 0 Å². The summed E-state index contributed by atoms with van der Waals surface area (Å²) in [5.41, 5.74) is 1.54. The van der Waals surface area contributed by atoms with Crippen molar-refractivity contribution in [3.63, 3.8) is 0 Å². The molecule has 1 aromatic carbocycles. The lowest BCUT2D eigenvalue weighted by molar-refractivity contribution is 0.271. The number of hydrogen-bond donors (Lipinski definition) is 0. The Labute approximate surface area is 178 Å². The predicted molar refractivity (Wildman–Crippen MR) is 115 cm³/mol. The van der Waals surface area contributed by atoms with Gasteiger partial charge in [-0.25, -0.2) is 27.1 Å². The highest BCUT2D eigenvalue weighted by molar-refractivity contribution is 7.88. The van der Waals surface area contributed by atoms with Crippen molar-refractivity contribution in [2.24, 2.45) is 5.92 Å². The zero-order valence-electron chi connectivity index (χ0n) is 17.4. The fourth-order valence-corrected chi connectivity index (χ4v) is 5.99. The number of anilines is 1. The first-order valence-electron chi connectivity index (χ1n) is 10.7. The SMILES string of the molecule is Cc1nc(CC2CCN(S(=O)(=O)Cc3cccc(F)c3)CC2)cc(N2CCCC2)n1. The third-order valence-electron chi connectivity index (χ3n) is 6.01. The molecular formula is C22H29FN4O2S. The van der Waals surface area contributed by atoms with Crippen molar-refractivity contribution in [1.29, 1.82) is 0 Å². The minimum Gasteiger partial charge on any atom is -0.357 e. The largest absolute Gasteiger partial charge is 0.357 e. The van der Waals surface area contributed by atoms with E-state index >= 15 is 0 Å². The summed E-state index contributed by atoms with van der Waals surface area (Å²) in [6.45, 7) is 5.05. The van der Waals surface area contributed by atoms with Crippen molar-refractivity contribution in [3.05, 3.63) is 53.2 Å². The number of aromatic nitrogens is 2. The highest BCUT2D eigenvalue weighted by atomic mass is 32.2. The molecule has 6 nitrogen and oxygen atoms in total. The van der Waals surface area contributed by atoms with Gasteiger partial charge in [-0.1, -0.05) is 12.1 Å². The van der Waals surface area contributed by atoms with Crippen LogP contribution in [0.5, 0.6) is 0 Å². The van der Waals surface area contributed by atoms with Crippen molar-refractivity contribution in [2.45, 2.75) is 44.8 Å². The van der Waals surface area contributed by atoms with Crippen LogP contribution < -0.4 is 4.90 Å². The molecule has 2 aliphatic heterocycles. The monoisotopic (exact) mass is 432 g/mol. The smallest absolute Gasteiger partial charge is 0.218 e. The van der Waals surface area contributed by atoms with Crippen LogP contribution in [0.1, 0.15) is 42.8 Å². The topological polar surface area (TPSA) is 66.4 Å². The molecule has 8 heteroatoms. The van der Waals surface area contributed by atoms with Crippen LogP contribution in [0.15, 0.2) is 30.3 Å². The van der Waals surface area contributed by atoms with E-state index in [4.69, 9.17) is 0 Å². The Balaban J connectivity index is 1.35. The number of piperidine rings is 1. The standard InChI is InChI=1S/C22H29FN4O2S/c1-17-24-21(15-22(25-17)26-9-2-3-10-26)14-18-7-11-27(12-8-18)30(28,29)16-19-5-4-6-20(23)13-19/h4-6,13,15,18H,2-3,7-12,14,16H2,1H3. The van der Waals surface area contributed by atoms with Gasteiger partial charge in [0.1, 0.15) is 17.5 Å². The lowest BCUT2D eigenvalue weighted by Crippen LogP contribution is -2.39. The molecule has 2 aliphatic rings. The maximum Gasteiger partial charge on any atom is 0.218 e. The predicted octanol–water partition coefficient (Wildman–Crippen LogP) is 3.31. The maximum atomic E-state index is 13.4. The average molecular weight is 433 g/mol. The van der Waals surface area contributed by atoms with Crippen LogP contribution in [-0.4, -0.2) is 48.9 Å². The van der Waals surface area contributed by atoms with Crippen molar-refractivity contribution in [3.8, 4) is 0 Å². The molecule has 4 rings (SSSR count). The quantitative estimate of drug-likeness (QED) is 0.701. The molecular weight excluding hydrogens is 403 g/mol. The van der Waals surface area contributed by atoms with Gasteiger partial charge in [0, 0.05) is 37.9 Å². The molecule has 0 bridgehead atoms. The number of aryl methyl sites for hydroxylation is 1. The minimum absolute atomic E-state index is 0.153. The van der Waals surface area contributed by atoms with E-state index in [1.165, 1.54) is 25.0 Å². The van der Waals surface area contributed by atoms with Crippen LogP contribution in [0.3, 0.4) is 0 Å². The summed E-state index contributed by atoms with van der Waals surface area (Å²) in [6, 6.07) is 7.92. The van der Waals surface area contributed by atoms with E-state index in [1.54, 1.807) is 16.4 Å². The minimum atomic E-state index is -3.44. The maximum absolute atomic E-state index is 13.4. The fourth-order valence-electron chi connectivity index (χ4n) is 4.44. The number of nitrogens with zero attached hydrogens (tertiary/aromatic N) is 4. The summed E-state index contributed by atoms with van der Waals surface area (Å²) >= 11 is 0. The number of rotatable bonds is 6. The second-order valence-corrected chi connectivity index (χ2v) is 10.4. The molecule has 0 amide bonds. The Hall–Kier alpha value is -2.06. The third kappa shape index (κ3) is 5.16. The zero-order chi connectivity index (χ0) is 21.1. The van der Waals surface area contributed by atoms with E-state index in [9.17, 15) is 12.8 Å². The van der Waals surface area contributed by atoms with Crippen LogP contribution in [-0.2, 0) is 22.2 Å². The normalized spacial score (nSPS) is 18.8. The molecule has 3 heterocycles. The first-order chi connectivity index (χ1) is 14.4. The summed E-state index contributed by atoms with van der Waals surface area (Å²) in [6.07, 6.45) is 4.89. The van der Waals surface area contributed by atoms with E-state index in [0.717, 1.165) is 49.7 Å². The van der Waals surface area contributed by atoms with Crippen LogP contribution in [0.25, 0.3) is 0 Å². The van der Waals surface area contributed by atoms with Crippen molar-refractivity contribution >= 4 is 15.8 Å². The number of halogens is 1. The molecule has 30 heavy (non-hydrogen) atoms. The molecule has 0 radical (unpaired) electrons. The number of sulfonamides is 1. The van der Waals surface area contributed by atoms with Gasteiger partial charge in [0.2, 0.25) is 10.0 Å². The summed E-state index contributed by atoms with van der Waals surface area (Å²) in [5.74, 6) is 1.66. The molecule has 1 aromatic heterocycles. The molecule has 162 valence electrons. The molecule has 0 unspecified atom stereocenters. The Morgan fingerprint density at radius 2 is 1.80 bits per heavy atom. The van der Waals surface area contributed by atoms with Gasteiger partial charge in [-0.3, -0.25) is 0 Å². The summed E-state index contributed by atoms with van der Waals surface area (Å²) in [7, 11) is -3.44. The summed E-state index contributed by atoms with van der Waals surface area (Å²) in [5, 5.41) is 0. The van der Waals surface area contributed by atoms with E-state index in [2.05, 4.69) is 20.9 Å². The van der Waals surface area contributed by atoms with Gasteiger partial charge in [0.05, 0.1) is 5.75 Å². The van der Waals surface area contributed by atoms with Crippen LogP contribution in [0.2, 0.25) is 0 Å². The van der Waals surface area contributed by atoms with E-state index in [0.29, 0.717) is 24.6 Å². The molecule has 2 fully saturated rings. The first kappa shape index (κ1) is 21.2. The highest BCUT2D eigenvalue weighted by Crippen LogP contribution is 2.26. The van der Waals surface area contributed by atoms with E-state index < -0.39 is 15.8 Å². The Bertz CT molecular complexity index is 984. The lowest BCUT2D eigenvalue weighted by atomic mass is 9.93. The Morgan fingerprint density at radius 1 is 1.07 bits per heavy atom. The second-order valence-electron chi connectivity index (χ2n) is 8.39. The number of hydrogen-bond acceptors (Lipinski definition) is 5. The molecule has 2 aromatic rings. The van der Waals surface area contributed by atoms with Crippen molar-refractivity contribution in [1.82, 2.24) is 14.3 Å². The van der Waals surface area contributed by atoms with Gasteiger partial charge in [0.25, 0.3) is 0 Å². The second kappa shape index (κ2) is 8.98. The fraction of sp³-hybridized carbons (Fsp3) is 0.545. The zero-order valence-corrected chi connectivity index (χ0v) is 18.2. The van der Waals surface area contributed by atoms with E-state index in [1.807, 2.05) is 6.92 Å². The number of benzene rings is 1. The lowest BCUT2D eigenvalue weighted by Gasteiger charge is -2.31. The van der Waals surface area contributed by atoms with Crippen LogP contribution in [0, 0.1) is 18.7 Å².